The van der Waals surface area contributed by atoms with E-state index in [1.165, 1.54) is 5.56 Å². The van der Waals surface area contributed by atoms with E-state index in [1.54, 1.807) is 7.11 Å². The van der Waals surface area contributed by atoms with Crippen molar-refractivity contribution in [2.75, 3.05) is 7.11 Å². The topological polar surface area (TPSA) is 9.23 Å². The average molecular weight is 241 g/mol. The Bertz CT molecular complexity index is 309. The molecule has 0 amide bonds. The molecule has 1 unspecified atom stereocenters. The van der Waals surface area contributed by atoms with Crippen molar-refractivity contribution in [2.45, 2.75) is 38.5 Å². The molecule has 0 heterocycles. The lowest BCUT2D eigenvalue weighted by Gasteiger charge is -2.12. The van der Waals surface area contributed by atoms with Crippen LogP contribution < -0.4 is 4.74 Å². The zero-order valence-electron chi connectivity index (χ0n) is 10.4. The Labute approximate surface area is 104 Å². The van der Waals surface area contributed by atoms with Gasteiger partial charge in [0, 0.05) is 5.38 Å². The molecule has 0 spiro atoms. The van der Waals surface area contributed by atoms with Gasteiger partial charge in [-0.05, 0) is 42.9 Å². The summed E-state index contributed by atoms with van der Waals surface area (Å²) in [5.41, 5.74) is 1.33. The SMILES string of the molecule is COc1cccc(CCCC(Cl)C(C)C)c1. The lowest BCUT2D eigenvalue weighted by atomic mass is 10.0. The number of halogens is 1. The summed E-state index contributed by atoms with van der Waals surface area (Å²) in [5, 5.41) is 0.297. The van der Waals surface area contributed by atoms with Crippen molar-refractivity contribution in [1.29, 1.82) is 0 Å². The van der Waals surface area contributed by atoms with Crippen LogP contribution >= 0.6 is 11.6 Å². The molecular formula is C14H21ClO. The maximum absolute atomic E-state index is 6.22. The zero-order chi connectivity index (χ0) is 12.0. The number of rotatable bonds is 6. The quantitative estimate of drug-likeness (QED) is 0.675. The van der Waals surface area contributed by atoms with Crippen molar-refractivity contribution < 1.29 is 4.74 Å². The summed E-state index contributed by atoms with van der Waals surface area (Å²) in [6.45, 7) is 4.34. The maximum Gasteiger partial charge on any atom is 0.119 e. The summed E-state index contributed by atoms with van der Waals surface area (Å²) >= 11 is 6.22. The van der Waals surface area contributed by atoms with Crippen molar-refractivity contribution in [1.82, 2.24) is 0 Å². The molecule has 2 heteroatoms. The second-order valence-electron chi connectivity index (χ2n) is 4.50. The molecule has 1 atom stereocenters. The van der Waals surface area contributed by atoms with E-state index in [4.69, 9.17) is 16.3 Å². The van der Waals surface area contributed by atoms with Crippen LogP contribution in [0.3, 0.4) is 0 Å². The average Bonchev–Trinajstić information content (AvgIpc) is 2.29. The highest BCUT2D eigenvalue weighted by atomic mass is 35.5. The Hall–Kier alpha value is -0.690. The molecule has 90 valence electrons. The lowest BCUT2D eigenvalue weighted by Crippen LogP contribution is -2.07. The van der Waals surface area contributed by atoms with Gasteiger partial charge in [0.25, 0.3) is 0 Å². The molecule has 1 aromatic rings. The fourth-order valence-electron chi connectivity index (χ4n) is 1.66. The van der Waals surface area contributed by atoms with Gasteiger partial charge in [-0.3, -0.25) is 0 Å². The third-order valence-corrected chi connectivity index (χ3v) is 3.53. The van der Waals surface area contributed by atoms with Crippen LogP contribution in [-0.2, 0) is 6.42 Å². The summed E-state index contributed by atoms with van der Waals surface area (Å²) in [6, 6.07) is 8.25. The van der Waals surface area contributed by atoms with E-state index in [0.29, 0.717) is 11.3 Å². The first-order valence-electron chi connectivity index (χ1n) is 5.90. The van der Waals surface area contributed by atoms with E-state index < -0.39 is 0 Å². The summed E-state index contributed by atoms with van der Waals surface area (Å²) in [4.78, 5) is 0. The van der Waals surface area contributed by atoms with E-state index >= 15 is 0 Å². The molecule has 1 rings (SSSR count). The normalized spacial score (nSPS) is 12.8. The first-order chi connectivity index (χ1) is 7.63. The zero-order valence-corrected chi connectivity index (χ0v) is 11.1. The molecule has 0 radical (unpaired) electrons. The number of aryl methyl sites for hydroxylation is 1. The molecule has 0 aromatic heterocycles. The predicted octanol–water partition coefficient (Wildman–Crippen LogP) is 4.28. The van der Waals surface area contributed by atoms with Crippen LogP contribution in [0.5, 0.6) is 5.75 Å². The Balaban J connectivity index is 2.37. The number of ether oxygens (including phenoxy) is 1. The highest BCUT2D eigenvalue weighted by molar-refractivity contribution is 6.20. The van der Waals surface area contributed by atoms with Crippen molar-refractivity contribution in [3.8, 4) is 5.75 Å². The third kappa shape index (κ3) is 4.44. The molecule has 0 saturated heterocycles. The van der Waals surface area contributed by atoms with Crippen molar-refractivity contribution in [3.05, 3.63) is 29.8 Å². The number of hydrogen-bond acceptors (Lipinski definition) is 1. The van der Waals surface area contributed by atoms with Gasteiger partial charge in [-0.15, -0.1) is 11.6 Å². The van der Waals surface area contributed by atoms with Gasteiger partial charge >= 0.3 is 0 Å². The monoisotopic (exact) mass is 240 g/mol. The van der Waals surface area contributed by atoms with E-state index in [9.17, 15) is 0 Å². The summed E-state index contributed by atoms with van der Waals surface area (Å²) in [5.74, 6) is 1.50. The second kappa shape index (κ2) is 6.80. The Morgan fingerprint density at radius 1 is 1.31 bits per heavy atom. The van der Waals surface area contributed by atoms with Crippen LogP contribution in [0.15, 0.2) is 24.3 Å². The Morgan fingerprint density at radius 2 is 2.06 bits per heavy atom. The minimum absolute atomic E-state index is 0.297. The first-order valence-corrected chi connectivity index (χ1v) is 6.34. The van der Waals surface area contributed by atoms with Gasteiger partial charge in [-0.25, -0.2) is 0 Å². The highest BCUT2D eigenvalue weighted by Crippen LogP contribution is 2.19. The molecule has 0 aliphatic rings. The van der Waals surface area contributed by atoms with Crippen molar-refractivity contribution in [3.63, 3.8) is 0 Å². The minimum Gasteiger partial charge on any atom is -0.497 e. The summed E-state index contributed by atoms with van der Waals surface area (Å²) in [7, 11) is 1.70. The fourth-order valence-corrected chi connectivity index (χ4v) is 1.82. The largest absolute Gasteiger partial charge is 0.497 e. The molecule has 0 N–H and O–H groups in total. The number of alkyl halides is 1. The maximum atomic E-state index is 6.22. The van der Waals surface area contributed by atoms with Gasteiger partial charge in [0.15, 0.2) is 0 Å². The van der Waals surface area contributed by atoms with E-state index in [1.807, 2.05) is 12.1 Å². The third-order valence-electron chi connectivity index (χ3n) is 2.80. The Kier molecular flexibility index (Phi) is 5.68. The van der Waals surface area contributed by atoms with Crippen LogP contribution in [0.4, 0.5) is 0 Å². The molecular weight excluding hydrogens is 220 g/mol. The minimum atomic E-state index is 0.297. The molecule has 0 fully saturated rings. The van der Waals surface area contributed by atoms with Crippen molar-refractivity contribution in [2.24, 2.45) is 5.92 Å². The van der Waals surface area contributed by atoms with Gasteiger partial charge in [0.1, 0.15) is 5.75 Å². The van der Waals surface area contributed by atoms with Crippen LogP contribution in [0.2, 0.25) is 0 Å². The van der Waals surface area contributed by atoms with E-state index in [-0.39, 0.29) is 0 Å². The summed E-state index contributed by atoms with van der Waals surface area (Å²) in [6.07, 6.45) is 3.29. The second-order valence-corrected chi connectivity index (χ2v) is 5.06. The molecule has 16 heavy (non-hydrogen) atoms. The highest BCUT2D eigenvalue weighted by Gasteiger charge is 2.08. The van der Waals surface area contributed by atoms with Gasteiger partial charge in [0.05, 0.1) is 7.11 Å². The number of benzene rings is 1. The Morgan fingerprint density at radius 3 is 2.69 bits per heavy atom. The first kappa shape index (κ1) is 13.4. The van der Waals surface area contributed by atoms with E-state index in [0.717, 1.165) is 25.0 Å². The van der Waals surface area contributed by atoms with Crippen LogP contribution in [0, 0.1) is 5.92 Å². The van der Waals surface area contributed by atoms with Crippen LogP contribution in [-0.4, -0.2) is 12.5 Å². The van der Waals surface area contributed by atoms with E-state index in [2.05, 4.69) is 26.0 Å². The lowest BCUT2D eigenvalue weighted by molar-refractivity contribution is 0.414. The standard InChI is InChI=1S/C14H21ClO/c1-11(2)14(15)9-5-7-12-6-4-8-13(10-12)16-3/h4,6,8,10-11,14H,5,7,9H2,1-3H3. The molecule has 1 nitrogen and oxygen atoms in total. The predicted molar refractivity (Wildman–Crippen MR) is 70.4 cm³/mol. The number of hydrogen-bond donors (Lipinski definition) is 0. The van der Waals surface area contributed by atoms with Gasteiger partial charge < -0.3 is 4.74 Å². The molecule has 0 aliphatic carbocycles. The van der Waals surface area contributed by atoms with Gasteiger partial charge in [0.2, 0.25) is 0 Å². The van der Waals surface area contributed by atoms with Crippen LogP contribution in [0.25, 0.3) is 0 Å². The van der Waals surface area contributed by atoms with Crippen molar-refractivity contribution >= 4 is 11.6 Å². The molecule has 0 bridgehead atoms. The molecule has 0 aliphatic heterocycles. The summed E-state index contributed by atoms with van der Waals surface area (Å²) < 4.78 is 5.19. The smallest absolute Gasteiger partial charge is 0.119 e. The number of methoxy groups -OCH3 is 1. The van der Waals surface area contributed by atoms with Gasteiger partial charge in [-0.1, -0.05) is 26.0 Å². The fraction of sp³-hybridized carbons (Fsp3) is 0.571. The van der Waals surface area contributed by atoms with Crippen LogP contribution in [0.1, 0.15) is 32.3 Å². The molecule has 1 aromatic carbocycles. The molecule has 0 saturated carbocycles. The van der Waals surface area contributed by atoms with Gasteiger partial charge in [-0.2, -0.15) is 0 Å².